The molecule has 0 unspecified atom stereocenters. The molecule has 0 aliphatic carbocycles. The summed E-state index contributed by atoms with van der Waals surface area (Å²) in [5.41, 5.74) is 1.84. The molecule has 1 aliphatic heterocycles. The van der Waals surface area contributed by atoms with Crippen LogP contribution in [0, 0.1) is 0 Å². The van der Waals surface area contributed by atoms with Gasteiger partial charge in [0.2, 0.25) is 0 Å². The largest absolute Gasteiger partial charge is 0.378 e. The zero-order chi connectivity index (χ0) is 16.9. The average molecular weight is 324 g/mol. The molecule has 0 aromatic heterocycles. The summed E-state index contributed by atoms with van der Waals surface area (Å²) in [4.78, 5) is 28.6. The fourth-order valence-electron chi connectivity index (χ4n) is 2.70. The van der Waals surface area contributed by atoms with Crippen LogP contribution in [0.4, 0.5) is 5.69 Å². The highest BCUT2D eigenvalue weighted by Gasteiger charge is 2.20. The van der Waals surface area contributed by atoms with Crippen LogP contribution >= 0.6 is 0 Å². The van der Waals surface area contributed by atoms with Gasteiger partial charge in [-0.25, -0.2) is 0 Å². The molecular weight excluding hydrogens is 304 g/mol. The first-order valence-electron chi connectivity index (χ1n) is 7.97. The van der Waals surface area contributed by atoms with E-state index in [1.165, 1.54) is 0 Å². The maximum atomic E-state index is 12.7. The van der Waals surface area contributed by atoms with Gasteiger partial charge in [0.15, 0.2) is 0 Å². The van der Waals surface area contributed by atoms with Crippen LogP contribution in [0.3, 0.4) is 0 Å². The van der Waals surface area contributed by atoms with Crippen LogP contribution in [0.5, 0.6) is 0 Å². The molecule has 124 valence electrons. The Labute approximate surface area is 141 Å². The van der Waals surface area contributed by atoms with Crippen molar-refractivity contribution in [3.8, 4) is 0 Å². The topological polar surface area (TPSA) is 49.9 Å². The zero-order valence-corrected chi connectivity index (χ0v) is 13.6. The van der Waals surface area contributed by atoms with Gasteiger partial charge >= 0.3 is 0 Å². The number of hydrogen-bond acceptors (Lipinski definition) is 3. The number of hydrogen-bond donors (Lipinski definition) is 0. The summed E-state index contributed by atoms with van der Waals surface area (Å²) in [6.07, 6.45) is 0. The lowest BCUT2D eigenvalue weighted by molar-refractivity contribution is 0.0303. The predicted molar refractivity (Wildman–Crippen MR) is 92.3 cm³/mol. The maximum Gasteiger partial charge on any atom is 0.258 e. The van der Waals surface area contributed by atoms with Gasteiger partial charge in [0.25, 0.3) is 11.8 Å². The van der Waals surface area contributed by atoms with Crippen LogP contribution < -0.4 is 4.90 Å². The summed E-state index contributed by atoms with van der Waals surface area (Å²) >= 11 is 0. The Kier molecular flexibility index (Phi) is 4.91. The monoisotopic (exact) mass is 324 g/mol. The van der Waals surface area contributed by atoms with E-state index in [-0.39, 0.29) is 11.8 Å². The van der Waals surface area contributed by atoms with E-state index in [2.05, 4.69) is 0 Å². The number of amides is 2. The van der Waals surface area contributed by atoms with Crippen LogP contribution in [0.2, 0.25) is 0 Å². The van der Waals surface area contributed by atoms with E-state index in [4.69, 9.17) is 4.74 Å². The second kappa shape index (κ2) is 7.27. The van der Waals surface area contributed by atoms with Crippen molar-refractivity contribution in [3.63, 3.8) is 0 Å². The third-order valence-electron chi connectivity index (χ3n) is 4.10. The molecule has 2 aromatic carbocycles. The van der Waals surface area contributed by atoms with Crippen LogP contribution in [0.25, 0.3) is 0 Å². The van der Waals surface area contributed by atoms with Gasteiger partial charge in [-0.1, -0.05) is 24.3 Å². The highest BCUT2D eigenvalue weighted by molar-refractivity contribution is 6.07. The van der Waals surface area contributed by atoms with Gasteiger partial charge < -0.3 is 14.5 Å². The lowest BCUT2D eigenvalue weighted by Gasteiger charge is -2.27. The van der Waals surface area contributed by atoms with Crippen LogP contribution in [-0.2, 0) is 4.74 Å². The molecule has 0 radical (unpaired) electrons. The van der Waals surface area contributed by atoms with Gasteiger partial charge in [0, 0.05) is 37.0 Å². The Morgan fingerprint density at radius 3 is 2.33 bits per heavy atom. The lowest BCUT2D eigenvalue weighted by atomic mass is 10.1. The first kappa shape index (κ1) is 16.2. The molecule has 1 aliphatic rings. The number of nitrogens with zero attached hydrogens (tertiary/aromatic N) is 2. The molecule has 5 nitrogen and oxygen atoms in total. The van der Waals surface area contributed by atoms with Crippen molar-refractivity contribution in [2.75, 3.05) is 38.3 Å². The minimum atomic E-state index is -0.141. The predicted octanol–water partition coefficient (Wildman–Crippen LogP) is 2.44. The summed E-state index contributed by atoms with van der Waals surface area (Å²) in [5, 5.41) is 0. The zero-order valence-electron chi connectivity index (χ0n) is 13.6. The highest BCUT2D eigenvalue weighted by Crippen LogP contribution is 2.16. The number of ether oxygens (including phenoxy) is 1. The van der Waals surface area contributed by atoms with E-state index in [1.54, 1.807) is 41.1 Å². The Balaban J connectivity index is 1.79. The van der Waals surface area contributed by atoms with Gasteiger partial charge in [-0.05, 0) is 30.3 Å². The summed E-state index contributed by atoms with van der Waals surface area (Å²) in [5.74, 6) is -0.201. The van der Waals surface area contributed by atoms with Crippen molar-refractivity contribution in [1.82, 2.24) is 4.90 Å². The number of benzene rings is 2. The van der Waals surface area contributed by atoms with E-state index < -0.39 is 0 Å². The van der Waals surface area contributed by atoms with E-state index in [0.717, 1.165) is 5.69 Å². The second-order valence-corrected chi connectivity index (χ2v) is 5.69. The van der Waals surface area contributed by atoms with Crippen LogP contribution in [0.15, 0.2) is 54.6 Å². The summed E-state index contributed by atoms with van der Waals surface area (Å²) in [6.45, 7) is 2.28. The van der Waals surface area contributed by atoms with Gasteiger partial charge in [0.1, 0.15) is 0 Å². The Morgan fingerprint density at radius 2 is 1.62 bits per heavy atom. The fourth-order valence-corrected chi connectivity index (χ4v) is 2.70. The number of anilines is 1. The number of para-hydroxylation sites is 1. The summed E-state index contributed by atoms with van der Waals surface area (Å²) in [6, 6.07) is 16.3. The molecule has 0 N–H and O–H groups in total. The molecule has 2 aromatic rings. The number of carbonyl (C=O) groups excluding carboxylic acids is 2. The Morgan fingerprint density at radius 1 is 0.958 bits per heavy atom. The molecule has 2 amide bonds. The number of morpholine rings is 1. The Hall–Kier alpha value is -2.66. The van der Waals surface area contributed by atoms with Crippen molar-refractivity contribution >= 4 is 17.5 Å². The molecule has 1 saturated heterocycles. The fraction of sp³-hybridized carbons (Fsp3) is 0.263. The SMILES string of the molecule is CN(C(=O)c1cccc(C(=O)N2CCOCC2)c1)c1ccccc1. The standard InChI is InChI=1S/C19H20N2O3/c1-20(17-8-3-2-4-9-17)18(22)15-6-5-7-16(14-15)19(23)21-10-12-24-13-11-21/h2-9,14H,10-13H2,1H3. The quantitative estimate of drug-likeness (QED) is 0.871. The van der Waals surface area contributed by atoms with E-state index in [9.17, 15) is 9.59 Å². The smallest absolute Gasteiger partial charge is 0.258 e. The molecular formula is C19H20N2O3. The normalized spacial score (nSPS) is 14.3. The minimum absolute atomic E-state index is 0.0599. The van der Waals surface area contributed by atoms with Crippen molar-refractivity contribution < 1.29 is 14.3 Å². The number of rotatable bonds is 3. The third-order valence-corrected chi connectivity index (χ3v) is 4.10. The molecule has 1 fully saturated rings. The summed E-state index contributed by atoms with van der Waals surface area (Å²) < 4.78 is 5.27. The van der Waals surface area contributed by atoms with Crippen LogP contribution in [0.1, 0.15) is 20.7 Å². The average Bonchev–Trinajstić information content (AvgIpc) is 2.67. The maximum absolute atomic E-state index is 12.7. The van der Waals surface area contributed by atoms with E-state index >= 15 is 0 Å². The van der Waals surface area contributed by atoms with Gasteiger partial charge in [-0.3, -0.25) is 9.59 Å². The molecule has 0 spiro atoms. The van der Waals surface area contributed by atoms with Gasteiger partial charge in [0.05, 0.1) is 13.2 Å². The molecule has 5 heteroatoms. The first-order valence-corrected chi connectivity index (χ1v) is 7.97. The van der Waals surface area contributed by atoms with E-state index in [1.807, 2.05) is 30.3 Å². The number of carbonyl (C=O) groups is 2. The van der Waals surface area contributed by atoms with Crippen molar-refractivity contribution in [1.29, 1.82) is 0 Å². The highest BCUT2D eigenvalue weighted by atomic mass is 16.5. The Bertz CT molecular complexity index is 724. The van der Waals surface area contributed by atoms with Crippen molar-refractivity contribution in [2.45, 2.75) is 0 Å². The molecule has 1 heterocycles. The molecule has 24 heavy (non-hydrogen) atoms. The molecule has 0 bridgehead atoms. The lowest BCUT2D eigenvalue weighted by Crippen LogP contribution is -2.40. The molecule has 3 rings (SSSR count). The first-order chi connectivity index (χ1) is 11.7. The minimum Gasteiger partial charge on any atom is -0.378 e. The third kappa shape index (κ3) is 3.46. The van der Waals surface area contributed by atoms with Crippen molar-refractivity contribution in [2.24, 2.45) is 0 Å². The molecule has 0 atom stereocenters. The van der Waals surface area contributed by atoms with Crippen molar-refractivity contribution in [3.05, 3.63) is 65.7 Å². The summed E-state index contributed by atoms with van der Waals surface area (Å²) in [7, 11) is 1.73. The molecule has 0 saturated carbocycles. The van der Waals surface area contributed by atoms with Gasteiger partial charge in [-0.2, -0.15) is 0 Å². The second-order valence-electron chi connectivity index (χ2n) is 5.69. The van der Waals surface area contributed by atoms with E-state index in [0.29, 0.717) is 37.4 Å². The van der Waals surface area contributed by atoms with Crippen LogP contribution in [-0.4, -0.2) is 50.1 Å². The van der Waals surface area contributed by atoms with Gasteiger partial charge in [-0.15, -0.1) is 0 Å².